The summed E-state index contributed by atoms with van der Waals surface area (Å²) in [5.74, 6) is -1.10. The van der Waals surface area contributed by atoms with Crippen LogP contribution in [0.1, 0.15) is 44.1 Å². The number of hydrogen-bond donors (Lipinski definition) is 3. The van der Waals surface area contributed by atoms with Crippen LogP contribution in [0, 0.1) is 0 Å². The fraction of sp³-hybridized carbons (Fsp3) is 0.400. The maximum absolute atomic E-state index is 12.9. The summed E-state index contributed by atoms with van der Waals surface area (Å²) in [5.41, 5.74) is 0.318. The normalized spacial score (nSPS) is 21.3. The minimum absolute atomic E-state index is 0.114. The highest BCUT2D eigenvalue weighted by Gasteiger charge is 2.35. The molecule has 152 valence electrons. The molecule has 2 aromatic rings. The largest absolute Gasteiger partial charge is 0.340 e. The van der Waals surface area contributed by atoms with Gasteiger partial charge in [0.25, 0.3) is 5.56 Å². The Kier molecular flexibility index (Phi) is 5.27. The number of carbonyl (C=O) groups excluding carboxylic acids is 2. The number of benzene rings is 1. The monoisotopic (exact) mass is 415 g/mol. The van der Waals surface area contributed by atoms with Crippen LogP contribution in [-0.4, -0.2) is 34.4 Å². The van der Waals surface area contributed by atoms with Crippen molar-refractivity contribution < 1.29 is 9.59 Å². The molecule has 1 fully saturated rings. The lowest BCUT2D eigenvalue weighted by Gasteiger charge is -2.34. The molecule has 2 amide bonds. The Morgan fingerprint density at radius 1 is 1.24 bits per heavy atom. The SMILES string of the molecule is C[C@@H]1CCCCN1c1nc2c(c(=O)[nH]1)[C@H](C(=O)Nc1ccc(Cl)cc1)CC(=O)N2. The van der Waals surface area contributed by atoms with Crippen LogP contribution in [0.25, 0.3) is 0 Å². The van der Waals surface area contributed by atoms with Gasteiger partial charge in [0.1, 0.15) is 5.82 Å². The average Bonchev–Trinajstić information content (AvgIpc) is 2.69. The first-order chi connectivity index (χ1) is 13.9. The molecule has 9 heteroatoms. The molecule has 1 saturated heterocycles. The van der Waals surface area contributed by atoms with Crippen LogP contribution in [0.2, 0.25) is 5.02 Å². The lowest BCUT2D eigenvalue weighted by Crippen LogP contribution is -2.41. The Labute approximate surface area is 172 Å². The minimum Gasteiger partial charge on any atom is -0.340 e. The molecule has 2 aliphatic rings. The molecular formula is C20H22ClN5O3. The van der Waals surface area contributed by atoms with E-state index < -0.39 is 17.4 Å². The number of piperidine rings is 1. The third kappa shape index (κ3) is 3.98. The first-order valence-corrected chi connectivity index (χ1v) is 10.1. The van der Waals surface area contributed by atoms with Gasteiger partial charge in [-0.05, 0) is 50.5 Å². The topological polar surface area (TPSA) is 107 Å². The van der Waals surface area contributed by atoms with Gasteiger partial charge in [0.15, 0.2) is 0 Å². The number of hydrogen-bond acceptors (Lipinski definition) is 5. The van der Waals surface area contributed by atoms with Crippen molar-refractivity contribution in [3.05, 3.63) is 45.2 Å². The Morgan fingerprint density at radius 3 is 2.72 bits per heavy atom. The zero-order chi connectivity index (χ0) is 20.5. The predicted octanol–water partition coefficient (Wildman–Crippen LogP) is 2.87. The van der Waals surface area contributed by atoms with Gasteiger partial charge in [-0.3, -0.25) is 19.4 Å². The van der Waals surface area contributed by atoms with Crippen molar-refractivity contribution >= 4 is 40.9 Å². The Bertz CT molecular complexity index is 1000. The predicted molar refractivity (Wildman–Crippen MR) is 112 cm³/mol. The molecule has 8 nitrogen and oxygen atoms in total. The second kappa shape index (κ2) is 7.87. The summed E-state index contributed by atoms with van der Waals surface area (Å²) in [6, 6.07) is 6.87. The van der Waals surface area contributed by atoms with E-state index in [2.05, 4.69) is 27.5 Å². The summed E-state index contributed by atoms with van der Waals surface area (Å²) >= 11 is 5.87. The van der Waals surface area contributed by atoms with Crippen LogP contribution < -0.4 is 21.1 Å². The van der Waals surface area contributed by atoms with Crippen molar-refractivity contribution in [3.63, 3.8) is 0 Å². The summed E-state index contributed by atoms with van der Waals surface area (Å²) in [6.45, 7) is 2.87. The first-order valence-electron chi connectivity index (χ1n) is 9.69. The smallest absolute Gasteiger partial charge is 0.258 e. The molecular weight excluding hydrogens is 394 g/mol. The van der Waals surface area contributed by atoms with E-state index in [-0.39, 0.29) is 29.8 Å². The zero-order valence-electron chi connectivity index (χ0n) is 16.0. The molecule has 4 rings (SSSR count). The van der Waals surface area contributed by atoms with Crippen LogP contribution in [0.15, 0.2) is 29.1 Å². The lowest BCUT2D eigenvalue weighted by molar-refractivity contribution is -0.123. The number of halogens is 1. The molecule has 0 radical (unpaired) electrons. The van der Waals surface area contributed by atoms with Gasteiger partial charge in [0.05, 0.1) is 11.5 Å². The number of carbonyl (C=O) groups is 2. The van der Waals surface area contributed by atoms with Crippen LogP contribution in [0.5, 0.6) is 0 Å². The lowest BCUT2D eigenvalue weighted by atomic mass is 9.92. The Balaban J connectivity index is 1.65. The van der Waals surface area contributed by atoms with Gasteiger partial charge in [-0.15, -0.1) is 0 Å². The highest BCUT2D eigenvalue weighted by molar-refractivity contribution is 6.30. The van der Waals surface area contributed by atoms with Crippen molar-refractivity contribution in [2.75, 3.05) is 22.1 Å². The van der Waals surface area contributed by atoms with Gasteiger partial charge >= 0.3 is 0 Å². The minimum atomic E-state index is -0.918. The fourth-order valence-corrected chi connectivity index (χ4v) is 4.02. The van der Waals surface area contributed by atoms with E-state index >= 15 is 0 Å². The Morgan fingerprint density at radius 2 is 2.00 bits per heavy atom. The highest BCUT2D eigenvalue weighted by Crippen LogP contribution is 2.31. The molecule has 0 bridgehead atoms. The number of aromatic amines is 1. The molecule has 29 heavy (non-hydrogen) atoms. The van der Waals surface area contributed by atoms with Crippen molar-refractivity contribution in [2.45, 2.75) is 44.6 Å². The van der Waals surface area contributed by atoms with Crippen LogP contribution >= 0.6 is 11.6 Å². The second-order valence-corrected chi connectivity index (χ2v) is 7.93. The number of nitrogens with one attached hydrogen (secondary N) is 3. The third-order valence-electron chi connectivity index (χ3n) is 5.44. The van der Waals surface area contributed by atoms with E-state index in [1.165, 1.54) is 0 Å². The van der Waals surface area contributed by atoms with Crippen molar-refractivity contribution in [2.24, 2.45) is 0 Å². The first kappa shape index (κ1) is 19.4. The van der Waals surface area contributed by atoms with Crippen molar-refractivity contribution in [3.8, 4) is 0 Å². The zero-order valence-corrected chi connectivity index (χ0v) is 16.8. The summed E-state index contributed by atoms with van der Waals surface area (Å²) in [5, 5.41) is 5.95. The average molecular weight is 416 g/mol. The van der Waals surface area contributed by atoms with E-state index in [4.69, 9.17) is 11.6 Å². The molecule has 1 aromatic carbocycles. The molecule has 0 saturated carbocycles. The third-order valence-corrected chi connectivity index (χ3v) is 5.69. The molecule has 3 heterocycles. The maximum Gasteiger partial charge on any atom is 0.258 e. The van der Waals surface area contributed by atoms with Gasteiger partial charge in [-0.25, -0.2) is 0 Å². The van der Waals surface area contributed by atoms with Crippen LogP contribution in [-0.2, 0) is 9.59 Å². The quantitative estimate of drug-likeness (QED) is 0.714. The van der Waals surface area contributed by atoms with E-state index in [1.54, 1.807) is 24.3 Å². The number of aromatic nitrogens is 2. The van der Waals surface area contributed by atoms with Crippen LogP contribution in [0.3, 0.4) is 0 Å². The summed E-state index contributed by atoms with van der Waals surface area (Å²) in [4.78, 5) is 47.3. The van der Waals surface area contributed by atoms with Gasteiger partial charge in [0.2, 0.25) is 17.8 Å². The molecule has 0 aliphatic carbocycles. The number of nitrogens with zero attached hydrogens (tertiary/aromatic N) is 2. The molecule has 2 aliphatic heterocycles. The highest BCUT2D eigenvalue weighted by atomic mass is 35.5. The number of rotatable bonds is 3. The van der Waals surface area contributed by atoms with Gasteiger partial charge in [0, 0.05) is 29.7 Å². The molecule has 0 spiro atoms. The van der Waals surface area contributed by atoms with E-state index in [0.717, 1.165) is 25.8 Å². The fourth-order valence-electron chi connectivity index (χ4n) is 3.89. The van der Waals surface area contributed by atoms with Gasteiger partial charge in [-0.2, -0.15) is 4.98 Å². The van der Waals surface area contributed by atoms with E-state index in [1.807, 2.05) is 4.90 Å². The standard InChI is InChI=1S/C20H22ClN5O3/c1-11-4-2-3-9-26(11)20-24-17-16(19(29)25-20)14(10-15(27)23-17)18(28)22-13-7-5-12(21)6-8-13/h5-8,11,14H,2-4,9-10H2,1H3,(H,22,28)(H2,23,24,25,27,29)/t11-,14-/m1/s1. The molecule has 1 aromatic heterocycles. The number of amides is 2. The molecule has 0 unspecified atom stereocenters. The molecule has 2 atom stereocenters. The van der Waals surface area contributed by atoms with E-state index in [9.17, 15) is 14.4 Å². The van der Waals surface area contributed by atoms with Crippen molar-refractivity contribution in [1.29, 1.82) is 0 Å². The Hall–Kier alpha value is -2.87. The maximum atomic E-state index is 12.9. The number of H-pyrrole nitrogens is 1. The van der Waals surface area contributed by atoms with E-state index in [0.29, 0.717) is 16.7 Å². The van der Waals surface area contributed by atoms with Crippen LogP contribution in [0.4, 0.5) is 17.5 Å². The summed E-state index contributed by atoms with van der Waals surface area (Å²) in [7, 11) is 0. The summed E-state index contributed by atoms with van der Waals surface area (Å²) < 4.78 is 0. The second-order valence-electron chi connectivity index (χ2n) is 7.49. The summed E-state index contributed by atoms with van der Waals surface area (Å²) in [6.07, 6.45) is 3.05. The molecule has 3 N–H and O–H groups in total. The van der Waals surface area contributed by atoms with Crippen molar-refractivity contribution in [1.82, 2.24) is 9.97 Å². The van der Waals surface area contributed by atoms with Gasteiger partial charge in [-0.1, -0.05) is 11.6 Å². The number of fused-ring (bicyclic) bond motifs is 1. The van der Waals surface area contributed by atoms with Gasteiger partial charge < -0.3 is 15.5 Å². The number of anilines is 3.